The number of rotatable bonds is 4. The molecular formula is C14H14O5. The highest BCUT2D eigenvalue weighted by Gasteiger charge is 2.52. The van der Waals surface area contributed by atoms with Gasteiger partial charge < -0.3 is 9.47 Å². The standard InChI is InChI=1S/C14H14O5/c1-18-13(17)14(9-19-8-12(14)16)7-11(15)10-5-3-2-4-6-10/h2-6H,7-9H2,1H3. The van der Waals surface area contributed by atoms with Gasteiger partial charge in [0.15, 0.2) is 17.0 Å². The van der Waals surface area contributed by atoms with Crippen molar-refractivity contribution in [1.29, 1.82) is 0 Å². The van der Waals surface area contributed by atoms with Gasteiger partial charge in [-0.05, 0) is 0 Å². The summed E-state index contributed by atoms with van der Waals surface area (Å²) in [6, 6.07) is 8.54. The van der Waals surface area contributed by atoms with Gasteiger partial charge in [0, 0.05) is 12.0 Å². The summed E-state index contributed by atoms with van der Waals surface area (Å²) in [7, 11) is 1.20. The number of ether oxygens (including phenoxy) is 2. The summed E-state index contributed by atoms with van der Waals surface area (Å²) >= 11 is 0. The first-order chi connectivity index (χ1) is 9.10. The van der Waals surface area contributed by atoms with Gasteiger partial charge in [0.05, 0.1) is 13.7 Å². The molecule has 1 aromatic rings. The Morgan fingerprint density at radius 3 is 2.53 bits per heavy atom. The third-order valence-corrected chi connectivity index (χ3v) is 3.25. The topological polar surface area (TPSA) is 69.7 Å². The minimum absolute atomic E-state index is 0.100. The fourth-order valence-electron chi connectivity index (χ4n) is 2.13. The molecule has 0 amide bonds. The Morgan fingerprint density at radius 2 is 2.00 bits per heavy atom. The van der Waals surface area contributed by atoms with Crippen LogP contribution in [0.5, 0.6) is 0 Å². The summed E-state index contributed by atoms with van der Waals surface area (Å²) in [5, 5.41) is 0. The molecule has 5 heteroatoms. The summed E-state index contributed by atoms with van der Waals surface area (Å²) in [5.41, 5.74) is -1.02. The molecule has 0 aromatic heterocycles. The van der Waals surface area contributed by atoms with E-state index in [1.165, 1.54) is 7.11 Å². The molecule has 1 saturated heterocycles. The predicted octanol–water partition coefficient (Wildman–Crippen LogP) is 1.02. The summed E-state index contributed by atoms with van der Waals surface area (Å²) in [5.74, 6) is -1.38. The van der Waals surface area contributed by atoms with Crippen LogP contribution in [-0.2, 0) is 19.1 Å². The average Bonchev–Trinajstić information content (AvgIpc) is 2.81. The van der Waals surface area contributed by atoms with Crippen LogP contribution < -0.4 is 0 Å². The smallest absolute Gasteiger partial charge is 0.322 e. The van der Waals surface area contributed by atoms with E-state index in [4.69, 9.17) is 4.74 Å². The summed E-state index contributed by atoms with van der Waals surface area (Å²) in [6.45, 7) is -0.256. The highest BCUT2D eigenvalue weighted by molar-refractivity contribution is 6.11. The largest absolute Gasteiger partial charge is 0.468 e. The molecule has 1 fully saturated rings. The van der Waals surface area contributed by atoms with E-state index in [0.717, 1.165) is 0 Å². The third-order valence-electron chi connectivity index (χ3n) is 3.25. The molecule has 1 atom stereocenters. The molecule has 0 spiro atoms. The molecule has 1 aliphatic rings. The van der Waals surface area contributed by atoms with Gasteiger partial charge in [-0.3, -0.25) is 14.4 Å². The van der Waals surface area contributed by atoms with Gasteiger partial charge in [-0.2, -0.15) is 0 Å². The maximum Gasteiger partial charge on any atom is 0.322 e. The van der Waals surface area contributed by atoms with Crippen molar-refractivity contribution in [2.24, 2.45) is 5.41 Å². The van der Waals surface area contributed by atoms with Crippen molar-refractivity contribution in [2.75, 3.05) is 20.3 Å². The van der Waals surface area contributed by atoms with E-state index in [1.807, 2.05) is 0 Å². The minimum Gasteiger partial charge on any atom is -0.468 e. The zero-order chi connectivity index (χ0) is 13.9. The first-order valence-electron chi connectivity index (χ1n) is 5.88. The molecule has 0 bridgehead atoms. The average molecular weight is 262 g/mol. The Labute approximate surface area is 110 Å². The van der Waals surface area contributed by atoms with Crippen LogP contribution in [0.3, 0.4) is 0 Å². The van der Waals surface area contributed by atoms with E-state index in [9.17, 15) is 14.4 Å². The van der Waals surface area contributed by atoms with E-state index in [-0.39, 0.29) is 25.4 Å². The lowest BCUT2D eigenvalue weighted by molar-refractivity contribution is -0.155. The fraction of sp³-hybridized carbons (Fsp3) is 0.357. The molecule has 5 nitrogen and oxygen atoms in total. The van der Waals surface area contributed by atoms with Crippen LogP contribution in [0, 0.1) is 5.41 Å². The van der Waals surface area contributed by atoms with Crippen LogP contribution >= 0.6 is 0 Å². The zero-order valence-electron chi connectivity index (χ0n) is 10.5. The quantitative estimate of drug-likeness (QED) is 0.460. The van der Waals surface area contributed by atoms with Crippen molar-refractivity contribution in [2.45, 2.75) is 6.42 Å². The van der Waals surface area contributed by atoms with Gasteiger partial charge in [0.2, 0.25) is 0 Å². The van der Waals surface area contributed by atoms with Crippen molar-refractivity contribution < 1.29 is 23.9 Å². The molecule has 0 radical (unpaired) electrons. The maximum absolute atomic E-state index is 12.2. The lowest BCUT2D eigenvalue weighted by Gasteiger charge is -2.21. The first-order valence-corrected chi connectivity index (χ1v) is 5.88. The number of carbonyl (C=O) groups is 3. The van der Waals surface area contributed by atoms with Gasteiger partial charge >= 0.3 is 5.97 Å². The second-order valence-corrected chi connectivity index (χ2v) is 4.46. The van der Waals surface area contributed by atoms with Crippen LogP contribution in [-0.4, -0.2) is 37.9 Å². The van der Waals surface area contributed by atoms with Crippen LogP contribution in [0.15, 0.2) is 30.3 Å². The second kappa shape index (κ2) is 5.32. The van der Waals surface area contributed by atoms with Crippen molar-refractivity contribution in [3.63, 3.8) is 0 Å². The Balaban J connectivity index is 2.25. The monoisotopic (exact) mass is 262 g/mol. The summed E-state index contributed by atoms with van der Waals surface area (Å²) in [6.07, 6.45) is -0.220. The lowest BCUT2D eigenvalue weighted by Crippen LogP contribution is -2.41. The molecule has 19 heavy (non-hydrogen) atoms. The van der Waals surface area contributed by atoms with Crippen LogP contribution in [0.2, 0.25) is 0 Å². The van der Waals surface area contributed by atoms with Gasteiger partial charge in [0.25, 0.3) is 0 Å². The zero-order valence-corrected chi connectivity index (χ0v) is 10.5. The summed E-state index contributed by atoms with van der Waals surface area (Å²) in [4.78, 5) is 35.9. The number of esters is 1. The molecule has 0 saturated carbocycles. The van der Waals surface area contributed by atoms with E-state index in [2.05, 4.69) is 4.74 Å². The number of hydrogen-bond donors (Lipinski definition) is 0. The van der Waals surface area contributed by atoms with Gasteiger partial charge in [0.1, 0.15) is 6.61 Å². The highest BCUT2D eigenvalue weighted by atomic mass is 16.5. The molecule has 2 rings (SSSR count). The van der Waals surface area contributed by atoms with Gasteiger partial charge in [-0.15, -0.1) is 0 Å². The molecule has 0 N–H and O–H groups in total. The van der Waals surface area contributed by atoms with Gasteiger partial charge in [-0.25, -0.2) is 0 Å². The van der Waals surface area contributed by atoms with Crippen LogP contribution in [0.1, 0.15) is 16.8 Å². The van der Waals surface area contributed by atoms with Crippen LogP contribution in [0.25, 0.3) is 0 Å². The van der Waals surface area contributed by atoms with Crippen molar-refractivity contribution in [3.8, 4) is 0 Å². The summed E-state index contributed by atoms with van der Waals surface area (Å²) < 4.78 is 9.68. The van der Waals surface area contributed by atoms with Crippen molar-refractivity contribution in [3.05, 3.63) is 35.9 Å². The van der Waals surface area contributed by atoms with Crippen molar-refractivity contribution >= 4 is 17.5 Å². The van der Waals surface area contributed by atoms with E-state index in [0.29, 0.717) is 5.56 Å². The van der Waals surface area contributed by atoms with Crippen molar-refractivity contribution in [1.82, 2.24) is 0 Å². The second-order valence-electron chi connectivity index (χ2n) is 4.46. The maximum atomic E-state index is 12.2. The number of ketones is 2. The number of benzene rings is 1. The number of hydrogen-bond acceptors (Lipinski definition) is 5. The van der Waals surface area contributed by atoms with E-state index in [1.54, 1.807) is 30.3 Å². The molecular weight excluding hydrogens is 248 g/mol. The SMILES string of the molecule is COC(=O)C1(CC(=O)c2ccccc2)COCC1=O. The normalized spacial score (nSPS) is 22.3. The van der Waals surface area contributed by atoms with E-state index < -0.39 is 17.2 Å². The minimum atomic E-state index is -1.48. The predicted molar refractivity (Wildman–Crippen MR) is 65.7 cm³/mol. The molecule has 0 aliphatic carbocycles. The Kier molecular flexibility index (Phi) is 3.76. The van der Waals surface area contributed by atoms with E-state index >= 15 is 0 Å². The lowest BCUT2D eigenvalue weighted by atomic mass is 9.80. The number of carbonyl (C=O) groups excluding carboxylic acids is 3. The number of methoxy groups -OCH3 is 1. The molecule has 1 heterocycles. The first kappa shape index (κ1) is 13.4. The molecule has 1 aliphatic heterocycles. The highest BCUT2D eigenvalue weighted by Crippen LogP contribution is 2.32. The number of Topliss-reactive ketones (excluding diaryl/α,β-unsaturated/α-hetero) is 2. The molecule has 1 unspecified atom stereocenters. The van der Waals surface area contributed by atoms with Gasteiger partial charge in [-0.1, -0.05) is 30.3 Å². The molecule has 100 valence electrons. The molecule has 1 aromatic carbocycles. The van der Waals surface area contributed by atoms with Crippen LogP contribution in [0.4, 0.5) is 0 Å². The third kappa shape index (κ3) is 2.42. The fourth-order valence-corrected chi connectivity index (χ4v) is 2.13. The Morgan fingerprint density at radius 1 is 1.32 bits per heavy atom. The Hall–Kier alpha value is -2.01. The Bertz CT molecular complexity index is 508.